The largest absolute Gasteiger partial charge is 0.573 e. The van der Waals surface area contributed by atoms with Crippen molar-refractivity contribution in [2.75, 3.05) is 0 Å². The summed E-state index contributed by atoms with van der Waals surface area (Å²) in [5.41, 5.74) is 3.28. The minimum Gasteiger partial charge on any atom is -0.406 e. The number of aromatic amines is 1. The molecule has 0 bridgehead atoms. The Bertz CT molecular complexity index is 1540. The molecule has 0 saturated heterocycles. The number of nitrogens with one attached hydrogen (secondary N) is 1. The first-order valence-electron chi connectivity index (χ1n) is 9.63. The molecule has 3 aromatic heterocycles. The van der Waals surface area contributed by atoms with Crippen molar-refractivity contribution in [3.8, 4) is 28.4 Å². The molecule has 0 unspecified atom stereocenters. The number of aromatic nitrogens is 4. The lowest BCUT2D eigenvalue weighted by Crippen LogP contribution is -2.17. The zero-order valence-electron chi connectivity index (χ0n) is 16.6. The average molecular weight is 436 g/mol. The van der Waals surface area contributed by atoms with Gasteiger partial charge in [-0.1, -0.05) is 24.3 Å². The maximum Gasteiger partial charge on any atom is 0.573 e. The standard InChI is InChI=1S/C23H15F3N4O2/c1-13-20(27-18-8-3-2-7-17(18)21(13)31)22-28-19-10-9-15(12-30(19)29-22)14-5-4-6-16(11-14)32-23(24,25)26/h2-12H,1H3,(H,27,31). The zero-order valence-corrected chi connectivity index (χ0v) is 16.6. The van der Waals surface area contributed by atoms with Crippen LogP contribution in [0.5, 0.6) is 5.75 Å². The van der Waals surface area contributed by atoms with E-state index in [9.17, 15) is 18.0 Å². The molecule has 0 amide bonds. The van der Waals surface area contributed by atoms with Gasteiger partial charge in [0, 0.05) is 28.2 Å². The van der Waals surface area contributed by atoms with Crippen LogP contribution in [0.1, 0.15) is 5.56 Å². The Morgan fingerprint density at radius 2 is 1.81 bits per heavy atom. The minimum absolute atomic E-state index is 0.102. The molecule has 160 valence electrons. The molecule has 0 aliphatic heterocycles. The topological polar surface area (TPSA) is 72.3 Å². The van der Waals surface area contributed by atoms with Crippen LogP contribution >= 0.6 is 0 Å². The van der Waals surface area contributed by atoms with Gasteiger partial charge in [-0.2, -0.15) is 0 Å². The third-order valence-electron chi connectivity index (χ3n) is 5.10. The van der Waals surface area contributed by atoms with Crippen LogP contribution in [-0.4, -0.2) is 25.9 Å². The van der Waals surface area contributed by atoms with E-state index in [1.165, 1.54) is 22.7 Å². The van der Waals surface area contributed by atoms with E-state index in [4.69, 9.17) is 0 Å². The number of hydrogen-bond acceptors (Lipinski definition) is 4. The third kappa shape index (κ3) is 3.58. The molecular formula is C23H15F3N4O2. The molecule has 3 heterocycles. The van der Waals surface area contributed by atoms with Gasteiger partial charge < -0.3 is 9.72 Å². The Kier molecular flexibility index (Phi) is 4.47. The molecule has 32 heavy (non-hydrogen) atoms. The van der Waals surface area contributed by atoms with Gasteiger partial charge in [0.15, 0.2) is 16.9 Å². The van der Waals surface area contributed by atoms with Crippen molar-refractivity contribution in [1.82, 2.24) is 19.6 Å². The van der Waals surface area contributed by atoms with Crippen molar-refractivity contribution in [3.63, 3.8) is 0 Å². The SMILES string of the molecule is Cc1c(-c2nc3ccc(-c4cccc(OC(F)(F)F)c4)cn3n2)[nH]c2ccccc2c1=O. The average Bonchev–Trinajstić information content (AvgIpc) is 3.18. The Balaban J connectivity index is 1.58. The summed E-state index contributed by atoms with van der Waals surface area (Å²) in [6, 6.07) is 16.3. The lowest BCUT2D eigenvalue weighted by Gasteiger charge is -2.10. The second-order valence-corrected chi connectivity index (χ2v) is 7.23. The van der Waals surface area contributed by atoms with Crippen LogP contribution in [0.3, 0.4) is 0 Å². The molecule has 0 saturated carbocycles. The zero-order chi connectivity index (χ0) is 22.5. The lowest BCUT2D eigenvalue weighted by atomic mass is 10.1. The summed E-state index contributed by atoms with van der Waals surface area (Å²) in [5.74, 6) is 0.0374. The number of alkyl halides is 3. The molecule has 1 N–H and O–H groups in total. The van der Waals surface area contributed by atoms with E-state index in [1.807, 2.05) is 12.1 Å². The van der Waals surface area contributed by atoms with Gasteiger partial charge in [-0.05, 0) is 48.9 Å². The van der Waals surface area contributed by atoms with Crippen LogP contribution in [0.2, 0.25) is 0 Å². The Labute approximate surface area is 178 Å². The summed E-state index contributed by atoms with van der Waals surface area (Å²) >= 11 is 0. The van der Waals surface area contributed by atoms with Gasteiger partial charge >= 0.3 is 6.36 Å². The number of para-hydroxylation sites is 1. The van der Waals surface area contributed by atoms with E-state index in [0.717, 1.165) is 0 Å². The monoisotopic (exact) mass is 436 g/mol. The molecule has 0 radical (unpaired) electrons. The Morgan fingerprint density at radius 3 is 2.62 bits per heavy atom. The summed E-state index contributed by atoms with van der Waals surface area (Å²) < 4.78 is 43.1. The number of nitrogens with zero attached hydrogens (tertiary/aromatic N) is 3. The van der Waals surface area contributed by atoms with Crippen LogP contribution in [0.25, 0.3) is 39.2 Å². The molecule has 0 spiro atoms. The number of H-pyrrole nitrogens is 1. The molecule has 0 atom stereocenters. The summed E-state index contributed by atoms with van der Waals surface area (Å²) in [6.07, 6.45) is -3.11. The maximum atomic E-state index is 12.7. The summed E-state index contributed by atoms with van der Waals surface area (Å²) in [4.78, 5) is 20.5. The van der Waals surface area contributed by atoms with Crippen molar-refractivity contribution >= 4 is 16.6 Å². The molecule has 5 rings (SSSR count). The van der Waals surface area contributed by atoms with Crippen molar-refractivity contribution in [3.05, 3.63) is 82.6 Å². The van der Waals surface area contributed by atoms with E-state index in [2.05, 4.69) is 19.8 Å². The fourth-order valence-electron chi connectivity index (χ4n) is 3.59. The van der Waals surface area contributed by atoms with Gasteiger partial charge in [-0.25, -0.2) is 9.50 Å². The summed E-state index contributed by atoms with van der Waals surface area (Å²) in [5, 5.41) is 5.07. The first-order valence-corrected chi connectivity index (χ1v) is 9.63. The van der Waals surface area contributed by atoms with Crippen LogP contribution in [0.4, 0.5) is 13.2 Å². The quantitative estimate of drug-likeness (QED) is 0.427. The van der Waals surface area contributed by atoms with Crippen LogP contribution in [0, 0.1) is 6.92 Å². The molecule has 6 nitrogen and oxygen atoms in total. The summed E-state index contributed by atoms with van der Waals surface area (Å²) in [6.45, 7) is 1.71. The molecule has 0 aliphatic rings. The van der Waals surface area contributed by atoms with E-state index in [1.54, 1.807) is 43.5 Å². The molecule has 0 aliphatic carbocycles. The van der Waals surface area contributed by atoms with Gasteiger partial charge in [0.25, 0.3) is 0 Å². The van der Waals surface area contributed by atoms with Gasteiger partial charge in [-0.15, -0.1) is 18.3 Å². The third-order valence-corrected chi connectivity index (χ3v) is 5.10. The highest BCUT2D eigenvalue weighted by molar-refractivity contribution is 5.82. The molecule has 5 aromatic rings. The predicted octanol–water partition coefficient (Wildman–Crippen LogP) is 5.11. The number of benzene rings is 2. The van der Waals surface area contributed by atoms with E-state index in [-0.39, 0.29) is 11.2 Å². The van der Waals surface area contributed by atoms with Gasteiger partial charge in [0.05, 0.1) is 5.69 Å². The van der Waals surface area contributed by atoms with Crippen LogP contribution in [0.15, 0.2) is 71.7 Å². The number of rotatable bonds is 3. The van der Waals surface area contributed by atoms with Gasteiger partial charge in [-0.3, -0.25) is 4.79 Å². The van der Waals surface area contributed by atoms with E-state index < -0.39 is 6.36 Å². The number of hydrogen-bond donors (Lipinski definition) is 1. The summed E-state index contributed by atoms with van der Waals surface area (Å²) in [7, 11) is 0. The van der Waals surface area contributed by atoms with Crippen molar-refractivity contribution in [2.45, 2.75) is 13.3 Å². The Morgan fingerprint density at radius 1 is 1.00 bits per heavy atom. The number of ether oxygens (including phenoxy) is 1. The van der Waals surface area contributed by atoms with Crippen LogP contribution in [-0.2, 0) is 0 Å². The molecular weight excluding hydrogens is 421 g/mol. The highest BCUT2D eigenvalue weighted by Crippen LogP contribution is 2.28. The highest BCUT2D eigenvalue weighted by atomic mass is 19.4. The normalized spacial score (nSPS) is 11.9. The Hall–Kier alpha value is -4.14. The maximum absolute atomic E-state index is 12.7. The predicted molar refractivity (Wildman–Crippen MR) is 113 cm³/mol. The molecule has 9 heteroatoms. The van der Waals surface area contributed by atoms with Gasteiger partial charge in [0.1, 0.15) is 5.75 Å². The van der Waals surface area contributed by atoms with Crippen LogP contribution < -0.4 is 10.2 Å². The van der Waals surface area contributed by atoms with Gasteiger partial charge in [0.2, 0.25) is 0 Å². The number of halogens is 3. The first kappa shape index (κ1) is 19.8. The van der Waals surface area contributed by atoms with Crippen molar-refractivity contribution < 1.29 is 17.9 Å². The number of pyridine rings is 2. The van der Waals surface area contributed by atoms with E-state index in [0.29, 0.717) is 44.8 Å². The second kappa shape index (κ2) is 7.23. The first-order chi connectivity index (χ1) is 15.3. The second-order valence-electron chi connectivity index (χ2n) is 7.23. The molecule has 2 aromatic carbocycles. The smallest absolute Gasteiger partial charge is 0.406 e. The lowest BCUT2D eigenvalue weighted by molar-refractivity contribution is -0.274. The number of fused-ring (bicyclic) bond motifs is 2. The van der Waals surface area contributed by atoms with Crippen molar-refractivity contribution in [2.24, 2.45) is 0 Å². The fourth-order valence-corrected chi connectivity index (χ4v) is 3.59. The van der Waals surface area contributed by atoms with E-state index >= 15 is 0 Å². The molecule has 0 fully saturated rings. The van der Waals surface area contributed by atoms with Crippen molar-refractivity contribution in [1.29, 1.82) is 0 Å². The highest BCUT2D eigenvalue weighted by Gasteiger charge is 2.31. The minimum atomic E-state index is -4.77. The fraction of sp³-hybridized carbons (Fsp3) is 0.0870.